The predicted molar refractivity (Wildman–Crippen MR) is 79.3 cm³/mol. The van der Waals surface area contributed by atoms with Gasteiger partial charge in [-0.15, -0.1) is 0 Å². The van der Waals surface area contributed by atoms with E-state index in [-0.39, 0.29) is 5.97 Å². The third kappa shape index (κ3) is 6.24. The van der Waals surface area contributed by atoms with Gasteiger partial charge in [0.1, 0.15) is 0 Å². The minimum atomic E-state index is -1.82. The van der Waals surface area contributed by atoms with Gasteiger partial charge in [-0.3, -0.25) is 0 Å². The average Bonchev–Trinajstić information content (AvgIpc) is 2.34. The molecule has 0 fully saturated rings. The quantitative estimate of drug-likeness (QED) is 0.346. The summed E-state index contributed by atoms with van der Waals surface area (Å²) in [4.78, 5) is 11.8. The largest absolute Gasteiger partial charge is 0.540 e. The topological polar surface area (TPSA) is 35.5 Å². The van der Waals surface area contributed by atoms with Crippen molar-refractivity contribution in [1.29, 1.82) is 0 Å². The Bertz CT molecular complexity index is 432. The summed E-state index contributed by atoms with van der Waals surface area (Å²) in [5.74, 6) is -0.0364. The Kier molecular flexibility index (Phi) is 5.82. The standard InChI is InChI=1S/C15H22O3Si/c1-5-17-15(16)14(18-19(2,3)4)12-11-13-9-7-6-8-10-13/h6-10,12H,5,11H2,1-4H3. The molecule has 0 atom stereocenters. The molecule has 0 amide bonds. The summed E-state index contributed by atoms with van der Waals surface area (Å²) >= 11 is 0. The second kappa shape index (κ2) is 7.14. The minimum Gasteiger partial charge on any atom is -0.540 e. The predicted octanol–water partition coefficient (Wildman–Crippen LogP) is 3.53. The molecule has 0 aliphatic rings. The average molecular weight is 278 g/mol. The molecule has 0 spiro atoms. The molecule has 3 nitrogen and oxygen atoms in total. The van der Waals surface area contributed by atoms with Crippen molar-refractivity contribution in [3.8, 4) is 0 Å². The maximum absolute atomic E-state index is 11.8. The molecular weight excluding hydrogens is 256 g/mol. The maximum Gasteiger partial charge on any atom is 0.371 e. The first-order chi connectivity index (χ1) is 8.92. The van der Waals surface area contributed by atoms with Crippen molar-refractivity contribution >= 4 is 14.3 Å². The molecule has 0 radical (unpaired) electrons. The van der Waals surface area contributed by atoms with Crippen molar-refractivity contribution in [3.63, 3.8) is 0 Å². The highest BCUT2D eigenvalue weighted by atomic mass is 28.4. The number of hydrogen-bond donors (Lipinski definition) is 0. The Balaban J connectivity index is 2.80. The molecule has 19 heavy (non-hydrogen) atoms. The third-order valence-corrected chi connectivity index (χ3v) is 3.09. The first-order valence-electron chi connectivity index (χ1n) is 6.52. The summed E-state index contributed by atoms with van der Waals surface area (Å²) in [5, 5.41) is 0. The molecule has 0 heterocycles. The van der Waals surface area contributed by atoms with Gasteiger partial charge in [0.25, 0.3) is 0 Å². The van der Waals surface area contributed by atoms with Crippen LogP contribution in [0.1, 0.15) is 12.5 Å². The lowest BCUT2D eigenvalue weighted by atomic mass is 10.1. The van der Waals surface area contributed by atoms with Crippen LogP contribution in [0.15, 0.2) is 42.2 Å². The van der Waals surface area contributed by atoms with Crippen LogP contribution in [0.5, 0.6) is 0 Å². The van der Waals surface area contributed by atoms with Crippen molar-refractivity contribution in [1.82, 2.24) is 0 Å². The van der Waals surface area contributed by atoms with Crippen LogP contribution in [0.2, 0.25) is 19.6 Å². The molecule has 0 aliphatic carbocycles. The second-order valence-electron chi connectivity index (χ2n) is 5.19. The van der Waals surface area contributed by atoms with E-state index in [4.69, 9.17) is 9.16 Å². The van der Waals surface area contributed by atoms with E-state index in [0.29, 0.717) is 18.8 Å². The number of allylic oxidation sites excluding steroid dienone is 1. The molecule has 0 unspecified atom stereocenters. The van der Waals surface area contributed by atoms with Crippen molar-refractivity contribution in [3.05, 3.63) is 47.7 Å². The summed E-state index contributed by atoms with van der Waals surface area (Å²) in [6.07, 6.45) is 2.48. The Morgan fingerprint density at radius 1 is 1.21 bits per heavy atom. The number of rotatable bonds is 6. The van der Waals surface area contributed by atoms with Crippen molar-refractivity contribution in [2.24, 2.45) is 0 Å². The van der Waals surface area contributed by atoms with Gasteiger partial charge in [0, 0.05) is 0 Å². The molecule has 0 aromatic heterocycles. The molecule has 1 rings (SSSR count). The van der Waals surface area contributed by atoms with Gasteiger partial charge >= 0.3 is 5.97 Å². The minimum absolute atomic E-state index is 0.338. The van der Waals surface area contributed by atoms with Crippen LogP contribution in [0.25, 0.3) is 0 Å². The van der Waals surface area contributed by atoms with Gasteiger partial charge in [0.2, 0.25) is 8.32 Å². The van der Waals surface area contributed by atoms with Crippen LogP contribution in [0.3, 0.4) is 0 Å². The van der Waals surface area contributed by atoms with E-state index in [1.807, 2.05) is 56.0 Å². The van der Waals surface area contributed by atoms with E-state index >= 15 is 0 Å². The zero-order chi connectivity index (χ0) is 14.3. The third-order valence-electron chi connectivity index (χ3n) is 2.26. The van der Waals surface area contributed by atoms with Crippen LogP contribution in [-0.4, -0.2) is 20.9 Å². The molecule has 104 valence electrons. The molecule has 0 saturated heterocycles. The lowest BCUT2D eigenvalue weighted by molar-refractivity contribution is -0.141. The molecule has 4 heteroatoms. The molecule has 0 aliphatic heterocycles. The van der Waals surface area contributed by atoms with Gasteiger partial charge in [-0.05, 0) is 44.6 Å². The van der Waals surface area contributed by atoms with Gasteiger partial charge in [0.05, 0.1) is 6.61 Å². The van der Waals surface area contributed by atoms with Crippen molar-refractivity contribution in [2.45, 2.75) is 33.0 Å². The number of benzene rings is 1. The Morgan fingerprint density at radius 3 is 2.37 bits per heavy atom. The fourth-order valence-corrected chi connectivity index (χ4v) is 2.35. The Hall–Kier alpha value is -1.55. The molecule has 0 N–H and O–H groups in total. The van der Waals surface area contributed by atoms with Gasteiger partial charge in [0.15, 0.2) is 5.76 Å². The fourth-order valence-electron chi connectivity index (χ4n) is 1.52. The Labute approximate surface area is 116 Å². The van der Waals surface area contributed by atoms with Crippen molar-refractivity contribution in [2.75, 3.05) is 6.61 Å². The van der Waals surface area contributed by atoms with Gasteiger partial charge in [-0.1, -0.05) is 30.3 Å². The first kappa shape index (κ1) is 15.5. The van der Waals surface area contributed by atoms with E-state index in [0.717, 1.165) is 5.56 Å². The monoisotopic (exact) mass is 278 g/mol. The SMILES string of the molecule is CCOC(=O)C(=CCc1ccccc1)O[Si](C)(C)C. The van der Waals surface area contributed by atoms with E-state index in [9.17, 15) is 4.79 Å². The molecule has 0 bridgehead atoms. The lowest BCUT2D eigenvalue weighted by Gasteiger charge is -2.20. The number of carbonyl (C=O) groups is 1. The summed E-state index contributed by atoms with van der Waals surface area (Å²) < 4.78 is 10.8. The molecule has 1 aromatic rings. The van der Waals surface area contributed by atoms with Crippen LogP contribution < -0.4 is 0 Å². The van der Waals surface area contributed by atoms with Gasteiger partial charge in [-0.25, -0.2) is 4.79 Å². The zero-order valence-electron chi connectivity index (χ0n) is 12.1. The van der Waals surface area contributed by atoms with Gasteiger partial charge < -0.3 is 9.16 Å². The van der Waals surface area contributed by atoms with Crippen molar-refractivity contribution < 1.29 is 14.0 Å². The molecule has 1 aromatic carbocycles. The van der Waals surface area contributed by atoms with E-state index in [1.54, 1.807) is 6.92 Å². The van der Waals surface area contributed by atoms with Crippen LogP contribution in [-0.2, 0) is 20.4 Å². The summed E-state index contributed by atoms with van der Waals surface area (Å²) in [6.45, 7) is 8.28. The van der Waals surface area contributed by atoms with Crippen LogP contribution in [0, 0.1) is 0 Å². The fraction of sp³-hybridized carbons (Fsp3) is 0.400. The zero-order valence-corrected chi connectivity index (χ0v) is 13.1. The lowest BCUT2D eigenvalue weighted by Crippen LogP contribution is -2.28. The van der Waals surface area contributed by atoms with E-state index < -0.39 is 8.32 Å². The first-order valence-corrected chi connectivity index (χ1v) is 9.93. The molecular formula is C15H22O3Si. The highest BCUT2D eigenvalue weighted by Crippen LogP contribution is 2.13. The van der Waals surface area contributed by atoms with E-state index in [2.05, 4.69) is 0 Å². The summed E-state index contributed by atoms with van der Waals surface area (Å²) in [6, 6.07) is 9.97. The summed E-state index contributed by atoms with van der Waals surface area (Å²) in [5.41, 5.74) is 1.14. The normalized spacial score (nSPS) is 12.1. The Morgan fingerprint density at radius 2 is 1.84 bits per heavy atom. The van der Waals surface area contributed by atoms with Crippen LogP contribution >= 0.6 is 0 Å². The molecule has 0 saturated carbocycles. The highest BCUT2D eigenvalue weighted by Gasteiger charge is 2.22. The summed E-state index contributed by atoms with van der Waals surface area (Å²) in [7, 11) is -1.82. The second-order valence-corrected chi connectivity index (χ2v) is 9.62. The number of carbonyl (C=O) groups excluding carboxylic acids is 1. The smallest absolute Gasteiger partial charge is 0.371 e. The number of hydrogen-bond acceptors (Lipinski definition) is 3. The van der Waals surface area contributed by atoms with Gasteiger partial charge in [-0.2, -0.15) is 0 Å². The van der Waals surface area contributed by atoms with Crippen LogP contribution in [0.4, 0.5) is 0 Å². The number of esters is 1. The number of ether oxygens (including phenoxy) is 1. The van der Waals surface area contributed by atoms with E-state index in [1.165, 1.54) is 0 Å². The maximum atomic E-state index is 11.8. The highest BCUT2D eigenvalue weighted by molar-refractivity contribution is 6.70.